The Kier molecular flexibility index (Phi) is 5.20. The molecule has 1 aromatic carbocycles. The SMILES string of the molecule is CCCC(=O)N/N=C/c1ccc(N(C)C)cc1. The summed E-state index contributed by atoms with van der Waals surface area (Å²) in [7, 11) is 3.99. The zero-order valence-corrected chi connectivity index (χ0v) is 10.6. The van der Waals surface area contributed by atoms with E-state index in [9.17, 15) is 4.79 Å². The van der Waals surface area contributed by atoms with E-state index < -0.39 is 0 Å². The Bertz CT molecular complexity index is 382. The number of anilines is 1. The number of hydrazone groups is 1. The van der Waals surface area contributed by atoms with Gasteiger partial charge in [0.1, 0.15) is 0 Å². The van der Waals surface area contributed by atoms with Crippen LogP contribution in [0.1, 0.15) is 25.3 Å². The Morgan fingerprint density at radius 1 is 1.35 bits per heavy atom. The predicted octanol–water partition coefficient (Wildman–Crippen LogP) is 2.00. The van der Waals surface area contributed by atoms with Gasteiger partial charge in [-0.05, 0) is 24.1 Å². The monoisotopic (exact) mass is 233 g/mol. The van der Waals surface area contributed by atoms with E-state index in [0.717, 1.165) is 17.7 Å². The lowest BCUT2D eigenvalue weighted by Gasteiger charge is -2.11. The number of hydrogen-bond donors (Lipinski definition) is 1. The van der Waals surface area contributed by atoms with E-state index in [-0.39, 0.29) is 5.91 Å². The summed E-state index contributed by atoms with van der Waals surface area (Å²) in [5, 5.41) is 3.90. The van der Waals surface area contributed by atoms with Crippen LogP contribution in [0.15, 0.2) is 29.4 Å². The van der Waals surface area contributed by atoms with Crippen molar-refractivity contribution in [1.29, 1.82) is 0 Å². The fraction of sp³-hybridized carbons (Fsp3) is 0.385. The van der Waals surface area contributed by atoms with Crippen molar-refractivity contribution in [2.24, 2.45) is 5.10 Å². The summed E-state index contributed by atoms with van der Waals surface area (Å²) in [5.74, 6) is -0.0475. The fourth-order valence-electron chi connectivity index (χ4n) is 1.32. The zero-order chi connectivity index (χ0) is 12.7. The molecule has 0 aliphatic rings. The van der Waals surface area contributed by atoms with Crippen LogP contribution >= 0.6 is 0 Å². The Balaban J connectivity index is 2.51. The molecule has 0 spiro atoms. The first-order valence-electron chi connectivity index (χ1n) is 5.72. The highest BCUT2D eigenvalue weighted by Crippen LogP contribution is 2.10. The Labute approximate surface area is 102 Å². The second-order valence-corrected chi connectivity index (χ2v) is 4.03. The van der Waals surface area contributed by atoms with Crippen LogP contribution in [-0.2, 0) is 4.79 Å². The summed E-state index contributed by atoms with van der Waals surface area (Å²) in [6.07, 6.45) is 2.99. The van der Waals surface area contributed by atoms with Gasteiger partial charge in [0.05, 0.1) is 6.21 Å². The van der Waals surface area contributed by atoms with Gasteiger partial charge in [-0.2, -0.15) is 5.10 Å². The summed E-state index contributed by atoms with van der Waals surface area (Å²) in [4.78, 5) is 13.2. The number of amides is 1. The Morgan fingerprint density at radius 3 is 2.53 bits per heavy atom. The molecule has 0 aliphatic carbocycles. The summed E-state index contributed by atoms with van der Waals surface area (Å²) >= 11 is 0. The summed E-state index contributed by atoms with van der Waals surface area (Å²) < 4.78 is 0. The number of carbonyl (C=O) groups is 1. The molecule has 0 aromatic heterocycles. The van der Waals surface area contributed by atoms with Gasteiger partial charge in [0.15, 0.2) is 0 Å². The van der Waals surface area contributed by atoms with E-state index >= 15 is 0 Å². The topological polar surface area (TPSA) is 44.7 Å². The molecule has 0 fully saturated rings. The van der Waals surface area contributed by atoms with Gasteiger partial charge in [-0.3, -0.25) is 4.79 Å². The molecule has 92 valence electrons. The molecule has 4 heteroatoms. The largest absolute Gasteiger partial charge is 0.378 e. The standard InChI is InChI=1S/C13H19N3O/c1-4-5-13(17)15-14-10-11-6-8-12(9-7-11)16(2)3/h6-10H,4-5H2,1-3H3,(H,15,17)/b14-10+. The number of hydrogen-bond acceptors (Lipinski definition) is 3. The van der Waals surface area contributed by atoms with Crippen LogP contribution in [-0.4, -0.2) is 26.2 Å². The van der Waals surface area contributed by atoms with E-state index in [1.165, 1.54) is 0 Å². The highest BCUT2D eigenvalue weighted by Gasteiger charge is 1.96. The maximum Gasteiger partial charge on any atom is 0.240 e. The lowest BCUT2D eigenvalue weighted by Crippen LogP contribution is -2.16. The van der Waals surface area contributed by atoms with Crippen molar-refractivity contribution in [2.45, 2.75) is 19.8 Å². The molecular weight excluding hydrogens is 214 g/mol. The first kappa shape index (κ1) is 13.2. The molecular formula is C13H19N3O. The van der Waals surface area contributed by atoms with Crippen molar-refractivity contribution in [3.05, 3.63) is 29.8 Å². The molecule has 17 heavy (non-hydrogen) atoms. The molecule has 0 aliphatic heterocycles. The van der Waals surface area contributed by atoms with E-state index in [1.54, 1.807) is 6.21 Å². The number of carbonyl (C=O) groups excluding carboxylic acids is 1. The van der Waals surface area contributed by atoms with Crippen LogP contribution in [0.3, 0.4) is 0 Å². The van der Waals surface area contributed by atoms with E-state index in [2.05, 4.69) is 10.5 Å². The van der Waals surface area contributed by atoms with Crippen molar-refractivity contribution in [2.75, 3.05) is 19.0 Å². The average Bonchev–Trinajstić information content (AvgIpc) is 2.30. The lowest BCUT2D eigenvalue weighted by molar-refractivity contribution is -0.121. The predicted molar refractivity (Wildman–Crippen MR) is 71.4 cm³/mol. The second-order valence-electron chi connectivity index (χ2n) is 4.03. The highest BCUT2D eigenvalue weighted by molar-refractivity contribution is 5.82. The molecule has 4 nitrogen and oxygen atoms in total. The van der Waals surface area contributed by atoms with Crippen LogP contribution in [0, 0.1) is 0 Å². The van der Waals surface area contributed by atoms with Gasteiger partial charge in [-0.25, -0.2) is 5.43 Å². The van der Waals surface area contributed by atoms with Gasteiger partial charge in [0.2, 0.25) is 5.91 Å². The van der Waals surface area contributed by atoms with Crippen LogP contribution in [0.25, 0.3) is 0 Å². The minimum atomic E-state index is -0.0475. The van der Waals surface area contributed by atoms with Gasteiger partial charge in [0.25, 0.3) is 0 Å². The third-order valence-corrected chi connectivity index (χ3v) is 2.29. The third-order valence-electron chi connectivity index (χ3n) is 2.29. The van der Waals surface area contributed by atoms with Gasteiger partial charge in [-0.1, -0.05) is 19.1 Å². The zero-order valence-electron chi connectivity index (χ0n) is 10.6. The first-order chi connectivity index (χ1) is 8.13. The van der Waals surface area contributed by atoms with Gasteiger partial charge >= 0.3 is 0 Å². The molecule has 0 atom stereocenters. The molecule has 0 saturated heterocycles. The van der Waals surface area contributed by atoms with E-state index in [0.29, 0.717) is 6.42 Å². The Hall–Kier alpha value is -1.84. The molecule has 0 heterocycles. The molecule has 1 rings (SSSR count). The summed E-state index contributed by atoms with van der Waals surface area (Å²) in [6, 6.07) is 7.94. The minimum Gasteiger partial charge on any atom is -0.378 e. The lowest BCUT2D eigenvalue weighted by atomic mass is 10.2. The number of nitrogens with one attached hydrogen (secondary N) is 1. The minimum absolute atomic E-state index is 0.0475. The molecule has 1 aromatic rings. The first-order valence-corrected chi connectivity index (χ1v) is 5.72. The number of nitrogens with zero attached hydrogens (tertiary/aromatic N) is 2. The van der Waals surface area contributed by atoms with Crippen LogP contribution in [0.4, 0.5) is 5.69 Å². The van der Waals surface area contributed by atoms with Crippen molar-refractivity contribution in [3.63, 3.8) is 0 Å². The Morgan fingerprint density at radius 2 is 2.00 bits per heavy atom. The summed E-state index contributed by atoms with van der Waals surface area (Å²) in [6.45, 7) is 1.96. The second kappa shape index (κ2) is 6.68. The molecule has 1 amide bonds. The van der Waals surface area contributed by atoms with E-state index in [1.807, 2.05) is 50.2 Å². The maximum absolute atomic E-state index is 11.1. The molecule has 0 unspecified atom stereocenters. The summed E-state index contributed by atoms with van der Waals surface area (Å²) in [5.41, 5.74) is 4.59. The highest BCUT2D eigenvalue weighted by atomic mass is 16.2. The van der Waals surface area contributed by atoms with Crippen molar-refractivity contribution >= 4 is 17.8 Å². The van der Waals surface area contributed by atoms with Gasteiger partial charge in [0, 0.05) is 26.2 Å². The fourth-order valence-corrected chi connectivity index (χ4v) is 1.32. The maximum atomic E-state index is 11.1. The molecule has 0 saturated carbocycles. The van der Waals surface area contributed by atoms with Crippen molar-refractivity contribution in [3.8, 4) is 0 Å². The third kappa shape index (κ3) is 4.68. The number of rotatable bonds is 5. The van der Waals surface area contributed by atoms with Crippen LogP contribution < -0.4 is 10.3 Å². The van der Waals surface area contributed by atoms with Crippen LogP contribution in [0.5, 0.6) is 0 Å². The van der Waals surface area contributed by atoms with Gasteiger partial charge in [-0.15, -0.1) is 0 Å². The van der Waals surface area contributed by atoms with Crippen molar-refractivity contribution in [1.82, 2.24) is 5.43 Å². The number of benzene rings is 1. The quantitative estimate of drug-likeness (QED) is 0.624. The molecule has 1 N–H and O–H groups in total. The van der Waals surface area contributed by atoms with E-state index in [4.69, 9.17) is 0 Å². The molecule has 0 bridgehead atoms. The van der Waals surface area contributed by atoms with Crippen LogP contribution in [0.2, 0.25) is 0 Å². The average molecular weight is 233 g/mol. The van der Waals surface area contributed by atoms with Crippen molar-refractivity contribution < 1.29 is 4.79 Å². The smallest absolute Gasteiger partial charge is 0.240 e. The molecule has 0 radical (unpaired) electrons. The normalized spacial score (nSPS) is 10.5. The van der Waals surface area contributed by atoms with Gasteiger partial charge < -0.3 is 4.90 Å².